The van der Waals surface area contributed by atoms with Crippen molar-refractivity contribution < 1.29 is 17.9 Å². The summed E-state index contributed by atoms with van der Waals surface area (Å²) in [5.41, 5.74) is 3.22. The molecule has 3 heterocycles. The Kier molecular flexibility index (Phi) is 7.38. The van der Waals surface area contributed by atoms with E-state index in [-0.39, 0.29) is 23.5 Å². The van der Waals surface area contributed by atoms with Crippen molar-refractivity contribution in [1.82, 2.24) is 9.29 Å². The maximum absolute atomic E-state index is 13.9. The lowest BCUT2D eigenvalue weighted by Crippen LogP contribution is -2.48. The fourth-order valence-electron chi connectivity index (χ4n) is 4.88. The molecule has 2 unspecified atom stereocenters. The highest BCUT2D eigenvalue weighted by atomic mass is 35.5. The second-order valence-corrected chi connectivity index (χ2v) is 13.0. The van der Waals surface area contributed by atoms with Crippen molar-refractivity contribution >= 4 is 54.2 Å². The van der Waals surface area contributed by atoms with Crippen LogP contribution in [0, 0.1) is 19.8 Å². The molecule has 0 saturated carbocycles. The Bertz CT molecular complexity index is 1330. The minimum Gasteiger partial charge on any atom is -0.376 e. The number of hydrogen-bond donors (Lipinski definition) is 0. The number of carbonyl (C=O) groups is 1. The van der Waals surface area contributed by atoms with Gasteiger partial charge >= 0.3 is 0 Å². The Morgan fingerprint density at radius 1 is 1.17 bits per heavy atom. The van der Waals surface area contributed by atoms with Gasteiger partial charge in [-0.25, -0.2) is 13.4 Å². The van der Waals surface area contributed by atoms with Crippen LogP contribution in [0.2, 0.25) is 5.02 Å². The molecule has 36 heavy (non-hydrogen) atoms. The molecule has 192 valence electrons. The van der Waals surface area contributed by atoms with Gasteiger partial charge in [-0.2, -0.15) is 4.31 Å². The van der Waals surface area contributed by atoms with Gasteiger partial charge in [0.05, 0.1) is 33.7 Å². The number of anilines is 1. The third kappa shape index (κ3) is 5.17. The molecule has 3 aromatic rings. The molecule has 5 rings (SSSR count). The minimum absolute atomic E-state index is 0.0399. The van der Waals surface area contributed by atoms with E-state index in [2.05, 4.69) is 26.0 Å². The number of sulfonamides is 1. The monoisotopic (exact) mass is 547 g/mol. The smallest absolute Gasteiger partial charge is 0.243 e. The summed E-state index contributed by atoms with van der Waals surface area (Å²) in [5.74, 6) is -0.535. The molecule has 0 radical (unpaired) electrons. The molecule has 10 heteroatoms. The zero-order valence-electron chi connectivity index (χ0n) is 20.4. The third-order valence-electron chi connectivity index (χ3n) is 7.08. The minimum atomic E-state index is -3.72. The van der Waals surface area contributed by atoms with Crippen molar-refractivity contribution in [2.24, 2.45) is 5.92 Å². The van der Waals surface area contributed by atoms with Crippen LogP contribution in [-0.2, 0) is 19.6 Å². The number of nitrogens with zero attached hydrogens (tertiary/aromatic N) is 3. The van der Waals surface area contributed by atoms with Gasteiger partial charge in [0.2, 0.25) is 15.9 Å². The molecule has 0 bridgehead atoms. The summed E-state index contributed by atoms with van der Waals surface area (Å²) in [6, 6.07) is 10.3. The highest BCUT2D eigenvalue weighted by Gasteiger charge is 2.37. The van der Waals surface area contributed by atoms with E-state index in [1.807, 2.05) is 0 Å². The first kappa shape index (κ1) is 25.6. The SMILES string of the molecule is Cc1cc2nc(N(CC3CCCO3)C(=O)C3CCCN(S(=O)(=O)c4ccc(Cl)cc4)C3)sc2cc1C. The number of carbonyl (C=O) groups excluding carboxylic acids is 1. The Morgan fingerprint density at radius 3 is 2.64 bits per heavy atom. The molecule has 7 nitrogen and oxygen atoms in total. The van der Waals surface area contributed by atoms with Crippen molar-refractivity contribution in [2.45, 2.75) is 50.5 Å². The molecule has 0 aliphatic carbocycles. The number of amides is 1. The number of thiazole rings is 1. The van der Waals surface area contributed by atoms with Crippen LogP contribution in [-0.4, -0.2) is 56.0 Å². The van der Waals surface area contributed by atoms with Crippen molar-refractivity contribution in [3.63, 3.8) is 0 Å². The summed E-state index contributed by atoms with van der Waals surface area (Å²) in [6.07, 6.45) is 3.09. The Morgan fingerprint density at radius 2 is 1.92 bits per heavy atom. The molecular formula is C26H30ClN3O4S2. The molecule has 2 saturated heterocycles. The summed E-state index contributed by atoms with van der Waals surface area (Å²) in [7, 11) is -3.72. The summed E-state index contributed by atoms with van der Waals surface area (Å²) in [6.45, 7) is 5.79. The standard InChI is InChI=1S/C26H30ClN3O4S2/c1-17-13-23-24(14-18(17)2)35-26(28-23)30(16-21-6-4-12-34-21)25(31)19-5-3-11-29(15-19)36(32,33)22-9-7-20(27)8-10-22/h7-10,13-14,19,21H,3-6,11-12,15-16H2,1-2H3. The summed E-state index contributed by atoms with van der Waals surface area (Å²) in [5, 5.41) is 1.12. The van der Waals surface area contributed by atoms with Crippen LogP contribution in [0.25, 0.3) is 10.2 Å². The molecular weight excluding hydrogens is 518 g/mol. The molecule has 2 atom stereocenters. The lowest BCUT2D eigenvalue weighted by molar-refractivity contribution is -0.123. The predicted octanol–water partition coefficient (Wildman–Crippen LogP) is 5.18. The first-order valence-electron chi connectivity index (χ1n) is 12.3. The first-order chi connectivity index (χ1) is 17.2. The number of aromatic nitrogens is 1. The van der Waals surface area contributed by atoms with Crippen molar-refractivity contribution in [1.29, 1.82) is 0 Å². The molecule has 1 aromatic heterocycles. The fourth-order valence-corrected chi connectivity index (χ4v) is 7.59. The van der Waals surface area contributed by atoms with Gasteiger partial charge in [-0.15, -0.1) is 0 Å². The van der Waals surface area contributed by atoms with Gasteiger partial charge in [0.1, 0.15) is 0 Å². The number of halogens is 1. The van der Waals surface area contributed by atoms with Crippen LogP contribution in [0.15, 0.2) is 41.3 Å². The Hall–Kier alpha value is -2.04. The van der Waals surface area contributed by atoms with Crippen LogP contribution in [0.4, 0.5) is 5.13 Å². The summed E-state index contributed by atoms with van der Waals surface area (Å²) in [4.78, 5) is 20.7. The molecule has 0 N–H and O–H groups in total. The number of ether oxygens (including phenoxy) is 1. The van der Waals surface area contributed by atoms with Crippen LogP contribution in [0.5, 0.6) is 0 Å². The van der Waals surface area contributed by atoms with Gasteiger partial charge in [-0.3, -0.25) is 9.69 Å². The molecule has 2 fully saturated rings. The number of aryl methyl sites for hydroxylation is 2. The van der Waals surface area contributed by atoms with E-state index in [1.54, 1.807) is 17.0 Å². The van der Waals surface area contributed by atoms with Crippen LogP contribution < -0.4 is 4.90 Å². The van der Waals surface area contributed by atoms with Gasteiger partial charge in [-0.05, 0) is 87.1 Å². The highest BCUT2D eigenvalue weighted by Crippen LogP contribution is 2.34. The second kappa shape index (κ2) is 10.4. The number of piperidine rings is 1. The zero-order chi connectivity index (χ0) is 25.4. The highest BCUT2D eigenvalue weighted by molar-refractivity contribution is 7.89. The number of rotatable bonds is 6. The Labute approximate surface area is 221 Å². The number of fused-ring (bicyclic) bond motifs is 1. The molecule has 2 aliphatic heterocycles. The van der Waals surface area contributed by atoms with E-state index in [0.717, 1.165) is 28.6 Å². The van der Waals surface area contributed by atoms with Gasteiger partial charge in [0.25, 0.3) is 0 Å². The van der Waals surface area contributed by atoms with E-state index >= 15 is 0 Å². The lowest BCUT2D eigenvalue weighted by Gasteiger charge is -2.34. The molecule has 2 aliphatic rings. The van der Waals surface area contributed by atoms with Gasteiger partial charge in [0.15, 0.2) is 5.13 Å². The van der Waals surface area contributed by atoms with Crippen molar-refractivity contribution in [3.05, 3.63) is 52.5 Å². The topological polar surface area (TPSA) is 79.8 Å². The fraction of sp³-hybridized carbons (Fsp3) is 0.462. The average molecular weight is 548 g/mol. The van der Waals surface area contributed by atoms with Crippen LogP contribution in [0.3, 0.4) is 0 Å². The second-order valence-electron chi connectivity index (χ2n) is 9.64. The van der Waals surface area contributed by atoms with Crippen LogP contribution >= 0.6 is 22.9 Å². The number of hydrogen-bond acceptors (Lipinski definition) is 6. The van der Waals surface area contributed by atoms with Gasteiger partial charge in [0, 0.05) is 24.7 Å². The summed E-state index contributed by atoms with van der Waals surface area (Å²) >= 11 is 7.45. The van der Waals surface area contributed by atoms with Gasteiger partial charge in [-0.1, -0.05) is 22.9 Å². The summed E-state index contributed by atoms with van der Waals surface area (Å²) < 4.78 is 34.9. The zero-order valence-corrected chi connectivity index (χ0v) is 22.8. The van der Waals surface area contributed by atoms with Crippen LogP contribution in [0.1, 0.15) is 36.8 Å². The Balaban J connectivity index is 1.42. The number of benzene rings is 2. The van der Waals surface area contributed by atoms with E-state index in [1.165, 1.54) is 33.3 Å². The molecule has 0 spiro atoms. The molecule has 2 aromatic carbocycles. The van der Waals surface area contributed by atoms with E-state index in [4.69, 9.17) is 21.3 Å². The van der Waals surface area contributed by atoms with E-state index in [9.17, 15) is 13.2 Å². The maximum Gasteiger partial charge on any atom is 0.243 e. The normalized spacial score (nSPS) is 21.2. The first-order valence-corrected chi connectivity index (χ1v) is 14.9. The average Bonchev–Trinajstić information content (AvgIpc) is 3.52. The van der Waals surface area contributed by atoms with E-state index in [0.29, 0.717) is 42.7 Å². The third-order valence-corrected chi connectivity index (χ3v) is 10.3. The predicted molar refractivity (Wildman–Crippen MR) is 143 cm³/mol. The molecule has 1 amide bonds. The lowest BCUT2D eigenvalue weighted by atomic mass is 9.98. The quantitative estimate of drug-likeness (QED) is 0.425. The van der Waals surface area contributed by atoms with Gasteiger partial charge < -0.3 is 4.74 Å². The van der Waals surface area contributed by atoms with Crippen molar-refractivity contribution in [3.8, 4) is 0 Å². The van der Waals surface area contributed by atoms with E-state index < -0.39 is 15.9 Å². The van der Waals surface area contributed by atoms with Crippen molar-refractivity contribution in [2.75, 3.05) is 31.1 Å². The largest absolute Gasteiger partial charge is 0.376 e. The maximum atomic E-state index is 13.9.